The van der Waals surface area contributed by atoms with Crippen LogP contribution in [-0.4, -0.2) is 39.9 Å². The molecule has 0 aliphatic rings. The van der Waals surface area contributed by atoms with Gasteiger partial charge in [0, 0.05) is 0 Å². The molecule has 0 radical (unpaired) electrons. The number of H-pyrrole nitrogens is 2. The Morgan fingerprint density at radius 3 is 1.64 bits per heavy atom. The second kappa shape index (κ2) is 4.83. The number of aromatic nitrogens is 8. The molecule has 2 N–H and O–H groups in total. The second-order valence-electron chi connectivity index (χ2n) is 5.21. The van der Waals surface area contributed by atoms with Crippen LogP contribution >= 0.6 is 0 Å². The Bertz CT molecular complexity index is 887. The van der Waals surface area contributed by atoms with Crippen molar-refractivity contribution in [1.29, 1.82) is 0 Å². The van der Waals surface area contributed by atoms with E-state index >= 15 is 0 Å². The van der Waals surface area contributed by atoms with Crippen molar-refractivity contribution < 1.29 is 0 Å². The molecule has 0 unspecified atom stereocenters. The van der Waals surface area contributed by atoms with E-state index in [9.17, 15) is 0 Å². The normalized spacial score (nSPS) is 11.5. The molecule has 0 aliphatic heterocycles. The first-order chi connectivity index (χ1) is 10.7. The van der Waals surface area contributed by atoms with E-state index in [0.717, 1.165) is 47.2 Å². The highest BCUT2D eigenvalue weighted by molar-refractivity contribution is 5.65. The van der Waals surface area contributed by atoms with Crippen molar-refractivity contribution in [2.45, 2.75) is 26.7 Å². The van der Waals surface area contributed by atoms with E-state index in [1.165, 1.54) is 0 Å². The molecule has 0 fully saturated rings. The molecule has 4 aromatic rings. The maximum atomic E-state index is 4.53. The van der Waals surface area contributed by atoms with Crippen LogP contribution in [0.5, 0.6) is 0 Å². The van der Waals surface area contributed by atoms with Crippen molar-refractivity contribution in [1.82, 2.24) is 39.9 Å². The lowest BCUT2D eigenvalue weighted by Crippen LogP contribution is -1.99. The molecule has 4 aromatic heterocycles. The lowest BCUT2D eigenvalue weighted by molar-refractivity contribution is 0.874. The molecule has 0 saturated heterocycles. The van der Waals surface area contributed by atoms with E-state index < -0.39 is 0 Å². The van der Waals surface area contributed by atoms with Crippen LogP contribution in [0.2, 0.25) is 0 Å². The maximum Gasteiger partial charge on any atom is 0.197 e. The molecule has 110 valence electrons. The van der Waals surface area contributed by atoms with E-state index in [2.05, 4.69) is 39.9 Å². The summed E-state index contributed by atoms with van der Waals surface area (Å²) in [5, 5.41) is 0. The lowest BCUT2D eigenvalue weighted by Gasteiger charge is -2.00. The van der Waals surface area contributed by atoms with Gasteiger partial charge in [0.25, 0.3) is 0 Å². The van der Waals surface area contributed by atoms with Crippen molar-refractivity contribution in [3.8, 4) is 0 Å². The molecule has 0 bridgehead atoms. The molecule has 0 amide bonds. The third kappa shape index (κ3) is 2.28. The Labute approximate surface area is 125 Å². The van der Waals surface area contributed by atoms with Crippen LogP contribution in [0.15, 0.2) is 12.4 Å². The highest BCUT2D eigenvalue weighted by Gasteiger charge is 2.07. The minimum Gasteiger partial charge on any atom is -0.325 e. The predicted molar refractivity (Wildman–Crippen MR) is 80.2 cm³/mol. The van der Waals surface area contributed by atoms with Crippen molar-refractivity contribution in [2.75, 3.05) is 0 Å². The van der Waals surface area contributed by atoms with Crippen molar-refractivity contribution in [3.63, 3.8) is 0 Å². The van der Waals surface area contributed by atoms with Crippen LogP contribution < -0.4 is 0 Å². The molecule has 4 heterocycles. The monoisotopic (exact) mass is 294 g/mol. The Morgan fingerprint density at radius 2 is 1.18 bits per heavy atom. The van der Waals surface area contributed by atoms with Gasteiger partial charge >= 0.3 is 0 Å². The van der Waals surface area contributed by atoms with Gasteiger partial charge in [-0.15, -0.1) is 0 Å². The number of aromatic amines is 2. The molecule has 0 spiro atoms. The Hall–Kier alpha value is -2.90. The molecular formula is C14H14N8. The summed E-state index contributed by atoms with van der Waals surface area (Å²) in [7, 11) is 0. The van der Waals surface area contributed by atoms with Gasteiger partial charge in [0.15, 0.2) is 22.6 Å². The SMILES string of the molecule is Cc1nc2ncc(CCc3cnc4nc(C)[nH]c4n3)nc2[nH]1. The van der Waals surface area contributed by atoms with Gasteiger partial charge in [0.05, 0.1) is 23.8 Å². The van der Waals surface area contributed by atoms with E-state index in [-0.39, 0.29) is 0 Å². The van der Waals surface area contributed by atoms with E-state index in [1.807, 2.05) is 13.8 Å². The number of hydrogen-bond donors (Lipinski definition) is 2. The Balaban J connectivity index is 1.56. The zero-order chi connectivity index (χ0) is 15.1. The van der Waals surface area contributed by atoms with Gasteiger partial charge in [-0.05, 0) is 26.7 Å². The van der Waals surface area contributed by atoms with Crippen molar-refractivity contribution in [2.24, 2.45) is 0 Å². The minimum absolute atomic E-state index is 0.649. The van der Waals surface area contributed by atoms with Gasteiger partial charge in [0.1, 0.15) is 11.6 Å². The molecule has 0 aromatic carbocycles. The quantitative estimate of drug-likeness (QED) is 0.591. The summed E-state index contributed by atoms with van der Waals surface area (Å²) >= 11 is 0. The Kier molecular flexibility index (Phi) is 2.81. The fourth-order valence-electron chi connectivity index (χ4n) is 2.38. The number of nitrogens with one attached hydrogen (secondary N) is 2. The summed E-state index contributed by atoms with van der Waals surface area (Å²) in [4.78, 5) is 32.4. The van der Waals surface area contributed by atoms with Gasteiger partial charge in [-0.3, -0.25) is 0 Å². The molecule has 0 saturated carbocycles. The van der Waals surface area contributed by atoms with Crippen LogP contribution in [0, 0.1) is 13.8 Å². The largest absolute Gasteiger partial charge is 0.325 e. The van der Waals surface area contributed by atoms with Crippen LogP contribution in [0.1, 0.15) is 23.0 Å². The maximum absolute atomic E-state index is 4.53. The fourth-order valence-corrected chi connectivity index (χ4v) is 2.38. The van der Waals surface area contributed by atoms with E-state index in [0.29, 0.717) is 11.3 Å². The number of hydrogen-bond acceptors (Lipinski definition) is 6. The molecule has 4 rings (SSSR count). The number of fused-ring (bicyclic) bond motifs is 2. The van der Waals surface area contributed by atoms with Gasteiger partial charge in [-0.2, -0.15) is 0 Å². The summed E-state index contributed by atoms with van der Waals surface area (Å²) in [5.41, 5.74) is 4.55. The Morgan fingerprint density at radius 1 is 0.727 bits per heavy atom. The smallest absolute Gasteiger partial charge is 0.197 e. The zero-order valence-electron chi connectivity index (χ0n) is 12.3. The number of imidazole rings is 2. The molecular weight excluding hydrogens is 280 g/mol. The third-order valence-corrected chi connectivity index (χ3v) is 3.39. The first-order valence-corrected chi connectivity index (χ1v) is 7.04. The third-order valence-electron chi connectivity index (χ3n) is 3.39. The standard InChI is InChI=1S/C14H14N8/c1-7-17-11-13(19-7)21-9(5-15-11)3-4-10-6-16-12-14(22-10)20-8(2)18-12/h5-6H,3-4H2,1-2H3,(H,15,17,19,21)(H,16,18,20,22). The summed E-state index contributed by atoms with van der Waals surface area (Å²) < 4.78 is 0. The first-order valence-electron chi connectivity index (χ1n) is 7.04. The molecule has 8 nitrogen and oxygen atoms in total. The van der Waals surface area contributed by atoms with Crippen LogP contribution in [0.25, 0.3) is 22.6 Å². The molecule has 0 aliphatic carbocycles. The number of aryl methyl sites for hydroxylation is 4. The summed E-state index contributed by atoms with van der Waals surface area (Å²) in [6, 6.07) is 0. The molecule has 8 heteroatoms. The van der Waals surface area contributed by atoms with Crippen LogP contribution in [0.3, 0.4) is 0 Å². The lowest BCUT2D eigenvalue weighted by atomic mass is 10.2. The topological polar surface area (TPSA) is 109 Å². The van der Waals surface area contributed by atoms with E-state index in [4.69, 9.17) is 0 Å². The predicted octanol–water partition coefficient (Wildman–Crippen LogP) is 1.42. The van der Waals surface area contributed by atoms with Crippen molar-refractivity contribution in [3.05, 3.63) is 35.4 Å². The second-order valence-corrected chi connectivity index (χ2v) is 5.21. The fraction of sp³-hybridized carbons (Fsp3) is 0.286. The number of rotatable bonds is 3. The van der Waals surface area contributed by atoms with Crippen LogP contribution in [-0.2, 0) is 12.8 Å². The average Bonchev–Trinajstić information content (AvgIpc) is 3.04. The number of nitrogens with zero attached hydrogens (tertiary/aromatic N) is 6. The highest BCUT2D eigenvalue weighted by atomic mass is 15.1. The summed E-state index contributed by atoms with van der Waals surface area (Å²) in [5.74, 6) is 1.64. The minimum atomic E-state index is 0.649. The van der Waals surface area contributed by atoms with Crippen molar-refractivity contribution >= 4 is 22.6 Å². The zero-order valence-corrected chi connectivity index (χ0v) is 12.3. The molecule has 0 atom stereocenters. The van der Waals surface area contributed by atoms with E-state index in [1.54, 1.807) is 12.4 Å². The first kappa shape index (κ1) is 12.8. The molecule has 22 heavy (non-hydrogen) atoms. The summed E-state index contributed by atoms with van der Waals surface area (Å²) in [6.45, 7) is 3.78. The highest BCUT2D eigenvalue weighted by Crippen LogP contribution is 2.10. The van der Waals surface area contributed by atoms with Gasteiger partial charge in [-0.1, -0.05) is 0 Å². The average molecular weight is 294 g/mol. The summed E-state index contributed by atoms with van der Waals surface area (Å²) in [6.07, 6.45) is 5.01. The van der Waals surface area contributed by atoms with Gasteiger partial charge < -0.3 is 9.97 Å². The van der Waals surface area contributed by atoms with Gasteiger partial charge in [-0.25, -0.2) is 29.9 Å². The van der Waals surface area contributed by atoms with Gasteiger partial charge in [0.2, 0.25) is 0 Å². The van der Waals surface area contributed by atoms with Crippen LogP contribution in [0.4, 0.5) is 0 Å².